The first-order chi connectivity index (χ1) is 11.2. The summed E-state index contributed by atoms with van der Waals surface area (Å²) in [5.41, 5.74) is -0.103. The van der Waals surface area contributed by atoms with Crippen molar-refractivity contribution in [2.24, 2.45) is 5.92 Å². The summed E-state index contributed by atoms with van der Waals surface area (Å²) in [6, 6.07) is 4.90. The number of carbonyl (C=O) groups excluding carboxylic acids is 2. The number of hydrogen-bond acceptors (Lipinski definition) is 6. The summed E-state index contributed by atoms with van der Waals surface area (Å²) in [4.78, 5) is 24.3. The monoisotopic (exact) mass is 356 g/mol. The molecule has 0 unspecified atom stereocenters. The van der Waals surface area contributed by atoms with Crippen molar-refractivity contribution in [3.63, 3.8) is 0 Å². The number of phenols is 1. The van der Waals surface area contributed by atoms with Crippen molar-refractivity contribution in [2.45, 2.75) is 26.3 Å². The highest BCUT2D eigenvalue weighted by atomic mass is 32.2. The van der Waals surface area contributed by atoms with E-state index >= 15 is 0 Å². The first-order valence-corrected chi connectivity index (χ1v) is 8.80. The van der Waals surface area contributed by atoms with E-state index in [1.807, 2.05) is 13.8 Å². The number of nitrogens with zero attached hydrogens (tertiary/aromatic N) is 2. The Morgan fingerprint density at radius 2 is 1.96 bits per heavy atom. The molecule has 1 aliphatic heterocycles. The van der Waals surface area contributed by atoms with Crippen LogP contribution in [0.3, 0.4) is 0 Å². The average molecular weight is 356 g/mol. The predicted molar refractivity (Wildman–Crippen MR) is 85.2 cm³/mol. The van der Waals surface area contributed by atoms with E-state index in [-0.39, 0.29) is 17.2 Å². The molecule has 8 nitrogen and oxygen atoms in total. The standard InChI is InChI=1S/C15H20N2O6S/c1-10(2)8-12-14(19)17(24(21,22)16(12)3)9-23-15(20)11-6-4-5-7-13(11)18/h4-7,10,12,18H,8-9H2,1-3H3/t12-/m0/s1. The van der Waals surface area contributed by atoms with Crippen molar-refractivity contribution in [1.29, 1.82) is 0 Å². The van der Waals surface area contributed by atoms with Crippen LogP contribution in [0.4, 0.5) is 0 Å². The van der Waals surface area contributed by atoms with Gasteiger partial charge < -0.3 is 9.84 Å². The van der Waals surface area contributed by atoms with Gasteiger partial charge in [-0.15, -0.1) is 0 Å². The zero-order valence-electron chi connectivity index (χ0n) is 13.7. The van der Waals surface area contributed by atoms with Crippen molar-refractivity contribution in [3.8, 4) is 5.75 Å². The molecule has 24 heavy (non-hydrogen) atoms. The molecule has 0 aromatic heterocycles. The predicted octanol–water partition coefficient (Wildman–Crippen LogP) is 0.940. The number of hydrogen-bond donors (Lipinski definition) is 1. The molecule has 1 aliphatic rings. The lowest BCUT2D eigenvalue weighted by Gasteiger charge is -2.16. The molecule has 0 saturated carbocycles. The van der Waals surface area contributed by atoms with E-state index in [1.54, 1.807) is 0 Å². The maximum absolute atomic E-state index is 12.3. The van der Waals surface area contributed by atoms with Crippen molar-refractivity contribution in [2.75, 3.05) is 13.8 Å². The summed E-state index contributed by atoms with van der Waals surface area (Å²) in [6.45, 7) is 3.04. The van der Waals surface area contributed by atoms with Gasteiger partial charge in [-0.05, 0) is 24.5 Å². The van der Waals surface area contributed by atoms with Crippen LogP contribution < -0.4 is 0 Å². The number of likely N-dealkylation sites (N-methyl/N-ethyl adjacent to an activating group) is 1. The minimum Gasteiger partial charge on any atom is -0.507 e. The van der Waals surface area contributed by atoms with E-state index in [4.69, 9.17) is 4.74 Å². The minimum absolute atomic E-state index is 0.103. The number of benzene rings is 1. The molecule has 1 aromatic carbocycles. The normalized spacial score (nSPS) is 20.6. The van der Waals surface area contributed by atoms with Crippen molar-refractivity contribution >= 4 is 22.1 Å². The van der Waals surface area contributed by atoms with E-state index in [0.29, 0.717) is 10.7 Å². The summed E-state index contributed by atoms with van der Waals surface area (Å²) in [7, 11) is -2.70. The fourth-order valence-corrected chi connectivity index (χ4v) is 3.76. The number of amides is 1. The van der Waals surface area contributed by atoms with Crippen molar-refractivity contribution < 1.29 is 27.9 Å². The van der Waals surface area contributed by atoms with Crippen LogP contribution in [-0.4, -0.2) is 53.8 Å². The zero-order valence-corrected chi connectivity index (χ0v) is 14.5. The van der Waals surface area contributed by atoms with Gasteiger partial charge in [-0.2, -0.15) is 17.0 Å². The highest BCUT2D eigenvalue weighted by Crippen LogP contribution is 2.26. The van der Waals surface area contributed by atoms with Crippen LogP contribution in [0.15, 0.2) is 24.3 Å². The summed E-state index contributed by atoms with van der Waals surface area (Å²) in [6.07, 6.45) is 0.373. The molecule has 0 bridgehead atoms. The number of esters is 1. The van der Waals surface area contributed by atoms with Gasteiger partial charge in [-0.25, -0.2) is 4.79 Å². The van der Waals surface area contributed by atoms with Crippen LogP contribution in [0.25, 0.3) is 0 Å². The highest BCUT2D eigenvalue weighted by Gasteiger charge is 2.48. The van der Waals surface area contributed by atoms with Crippen LogP contribution in [0, 0.1) is 5.92 Å². The van der Waals surface area contributed by atoms with Gasteiger partial charge in [0.1, 0.15) is 17.4 Å². The molecule has 2 rings (SSSR count). The van der Waals surface area contributed by atoms with E-state index < -0.39 is 34.9 Å². The molecule has 132 valence electrons. The van der Waals surface area contributed by atoms with E-state index in [2.05, 4.69) is 0 Å². The van der Waals surface area contributed by atoms with Gasteiger partial charge in [-0.1, -0.05) is 26.0 Å². The van der Waals surface area contributed by atoms with Crippen LogP contribution >= 0.6 is 0 Å². The summed E-state index contributed by atoms with van der Waals surface area (Å²) < 4.78 is 31.0. The lowest BCUT2D eigenvalue weighted by Crippen LogP contribution is -2.35. The number of aromatic hydroxyl groups is 1. The van der Waals surface area contributed by atoms with Gasteiger partial charge in [-0.3, -0.25) is 4.79 Å². The molecule has 1 amide bonds. The van der Waals surface area contributed by atoms with Crippen LogP contribution in [0.5, 0.6) is 5.75 Å². The smallest absolute Gasteiger partial charge is 0.343 e. The Hall–Kier alpha value is -2.13. The molecule has 1 heterocycles. The van der Waals surface area contributed by atoms with Crippen LogP contribution in [0.1, 0.15) is 30.6 Å². The molecule has 0 radical (unpaired) electrons. The van der Waals surface area contributed by atoms with Crippen molar-refractivity contribution in [1.82, 2.24) is 8.61 Å². The van der Waals surface area contributed by atoms with Gasteiger partial charge in [0.2, 0.25) is 0 Å². The van der Waals surface area contributed by atoms with Gasteiger partial charge >= 0.3 is 16.2 Å². The number of para-hydroxylation sites is 1. The maximum Gasteiger partial charge on any atom is 0.343 e. The second kappa shape index (κ2) is 6.78. The number of carbonyl (C=O) groups is 2. The summed E-state index contributed by atoms with van der Waals surface area (Å²) >= 11 is 0. The third kappa shape index (κ3) is 3.36. The summed E-state index contributed by atoms with van der Waals surface area (Å²) in [5.74, 6) is -1.70. The fraction of sp³-hybridized carbons (Fsp3) is 0.467. The Morgan fingerprint density at radius 1 is 1.33 bits per heavy atom. The quantitative estimate of drug-likeness (QED) is 0.788. The first-order valence-electron chi connectivity index (χ1n) is 7.41. The Labute approximate surface area is 140 Å². The molecule has 0 aliphatic carbocycles. The topological polar surface area (TPSA) is 104 Å². The lowest BCUT2D eigenvalue weighted by atomic mass is 10.0. The molecule has 0 spiro atoms. The molecular formula is C15H20N2O6S. The SMILES string of the molecule is CC(C)C[C@H]1C(=O)N(COC(=O)c2ccccc2O)S(=O)(=O)N1C. The maximum atomic E-state index is 12.3. The second-order valence-corrected chi connectivity index (χ2v) is 7.85. The molecule has 9 heteroatoms. The molecular weight excluding hydrogens is 336 g/mol. The average Bonchev–Trinajstić information content (AvgIpc) is 2.65. The molecule has 1 fully saturated rings. The third-order valence-electron chi connectivity index (χ3n) is 3.74. The third-order valence-corrected chi connectivity index (χ3v) is 5.57. The number of phenolic OH excluding ortho intramolecular Hbond substituents is 1. The van der Waals surface area contributed by atoms with E-state index in [0.717, 1.165) is 4.31 Å². The largest absolute Gasteiger partial charge is 0.507 e. The Balaban J connectivity index is 2.13. The number of ether oxygens (including phenoxy) is 1. The minimum atomic E-state index is -4.02. The summed E-state index contributed by atoms with van der Waals surface area (Å²) in [5, 5.41) is 9.60. The van der Waals surface area contributed by atoms with Gasteiger partial charge in [0.15, 0.2) is 6.73 Å². The second-order valence-electron chi connectivity index (χ2n) is 5.93. The lowest BCUT2D eigenvalue weighted by molar-refractivity contribution is -0.130. The van der Waals surface area contributed by atoms with E-state index in [1.165, 1.54) is 31.3 Å². The van der Waals surface area contributed by atoms with Gasteiger partial charge in [0.25, 0.3) is 5.91 Å². The number of rotatable bonds is 5. The first kappa shape index (κ1) is 18.2. The molecule has 1 atom stereocenters. The van der Waals surface area contributed by atoms with Crippen molar-refractivity contribution in [3.05, 3.63) is 29.8 Å². The Morgan fingerprint density at radius 3 is 2.54 bits per heavy atom. The van der Waals surface area contributed by atoms with E-state index in [9.17, 15) is 23.1 Å². The Bertz CT molecular complexity index is 746. The highest BCUT2D eigenvalue weighted by molar-refractivity contribution is 7.87. The molecule has 1 saturated heterocycles. The zero-order chi connectivity index (χ0) is 18.1. The molecule has 1 aromatic rings. The fourth-order valence-electron chi connectivity index (χ4n) is 2.42. The van der Waals surface area contributed by atoms with Crippen LogP contribution in [0.2, 0.25) is 0 Å². The van der Waals surface area contributed by atoms with Crippen LogP contribution in [-0.2, 0) is 19.7 Å². The molecule has 1 N–H and O–H groups in total. The Kier molecular flexibility index (Phi) is 5.14. The van der Waals surface area contributed by atoms with Gasteiger partial charge in [0, 0.05) is 7.05 Å². The van der Waals surface area contributed by atoms with Gasteiger partial charge in [0.05, 0.1) is 0 Å².